The van der Waals surface area contributed by atoms with Gasteiger partial charge in [0.25, 0.3) is 11.6 Å². The Bertz CT molecular complexity index is 498. The van der Waals surface area contributed by atoms with E-state index < -0.39 is 10.8 Å². The number of carbonyl (C=O) groups is 1. The quantitative estimate of drug-likeness (QED) is 0.457. The zero-order valence-corrected chi connectivity index (χ0v) is 13.1. The van der Waals surface area contributed by atoms with E-state index in [1.807, 2.05) is 0 Å². The van der Waals surface area contributed by atoms with Crippen molar-refractivity contribution >= 4 is 39.1 Å². The van der Waals surface area contributed by atoms with Crippen LogP contribution in [0.5, 0.6) is 0 Å². The fraction of sp³-hybridized carbons (Fsp3) is 0.417. The van der Waals surface area contributed by atoms with Gasteiger partial charge in [0.15, 0.2) is 0 Å². The lowest BCUT2D eigenvalue weighted by Gasteiger charge is -2.09. The van der Waals surface area contributed by atoms with Crippen molar-refractivity contribution in [3.8, 4) is 0 Å². The van der Waals surface area contributed by atoms with Crippen LogP contribution >= 0.6 is 27.5 Å². The number of nitrogens with zero attached hydrogens (tertiary/aromatic N) is 1. The summed E-state index contributed by atoms with van der Waals surface area (Å²) in [5.74, 6) is -0.517. The maximum Gasteiger partial charge on any atom is 0.282 e. The first-order chi connectivity index (χ1) is 9.45. The van der Waals surface area contributed by atoms with E-state index in [-0.39, 0.29) is 21.1 Å². The van der Waals surface area contributed by atoms with Crippen molar-refractivity contribution in [2.24, 2.45) is 0 Å². The zero-order valence-electron chi connectivity index (χ0n) is 10.8. The molecule has 0 saturated carbocycles. The highest BCUT2D eigenvalue weighted by Crippen LogP contribution is 2.22. The molecule has 8 heteroatoms. The van der Waals surface area contributed by atoms with Crippen molar-refractivity contribution in [3.63, 3.8) is 0 Å². The molecule has 6 nitrogen and oxygen atoms in total. The molecule has 0 heterocycles. The van der Waals surface area contributed by atoms with Gasteiger partial charge in [0.1, 0.15) is 5.56 Å². The predicted molar refractivity (Wildman–Crippen MR) is 79.6 cm³/mol. The smallest absolute Gasteiger partial charge is 0.282 e. The van der Waals surface area contributed by atoms with E-state index in [9.17, 15) is 14.9 Å². The number of hydrogen-bond donors (Lipinski definition) is 1. The highest BCUT2D eigenvalue weighted by Gasteiger charge is 2.20. The molecule has 1 rings (SSSR count). The average molecular weight is 366 g/mol. The first-order valence-corrected chi connectivity index (χ1v) is 7.10. The minimum atomic E-state index is -0.608. The molecular weight excluding hydrogens is 351 g/mol. The molecule has 1 N–H and O–H groups in total. The SMILES string of the molecule is COCC(Br)CCNC(=O)c1cc(Cl)ccc1[N+](=O)[O-]. The fourth-order valence-electron chi connectivity index (χ4n) is 1.55. The molecule has 110 valence electrons. The summed E-state index contributed by atoms with van der Waals surface area (Å²) in [6, 6.07) is 3.88. The summed E-state index contributed by atoms with van der Waals surface area (Å²) in [5.41, 5.74) is -0.306. The molecule has 1 amide bonds. The third kappa shape index (κ3) is 5.07. The number of amides is 1. The third-order valence-corrected chi connectivity index (χ3v) is 3.45. The molecule has 0 spiro atoms. The highest BCUT2D eigenvalue weighted by atomic mass is 79.9. The number of nitrogens with one attached hydrogen (secondary N) is 1. The van der Waals surface area contributed by atoms with Crippen molar-refractivity contribution in [1.29, 1.82) is 0 Å². The van der Waals surface area contributed by atoms with Crippen LogP contribution in [-0.2, 0) is 4.74 Å². The summed E-state index contributed by atoms with van der Waals surface area (Å²) < 4.78 is 4.95. The van der Waals surface area contributed by atoms with Gasteiger partial charge >= 0.3 is 0 Å². The molecule has 1 unspecified atom stereocenters. The summed E-state index contributed by atoms with van der Waals surface area (Å²) in [6.07, 6.45) is 0.647. The highest BCUT2D eigenvalue weighted by molar-refractivity contribution is 9.09. The number of hydrogen-bond acceptors (Lipinski definition) is 4. The molecule has 0 saturated heterocycles. The summed E-state index contributed by atoms with van der Waals surface area (Å²) in [7, 11) is 1.59. The van der Waals surface area contributed by atoms with E-state index in [0.29, 0.717) is 19.6 Å². The van der Waals surface area contributed by atoms with Crippen molar-refractivity contribution < 1.29 is 14.5 Å². The lowest BCUT2D eigenvalue weighted by Crippen LogP contribution is -2.27. The minimum Gasteiger partial charge on any atom is -0.384 e. The zero-order chi connectivity index (χ0) is 15.1. The second kappa shape index (κ2) is 8.18. The minimum absolute atomic E-state index is 0.0413. The van der Waals surface area contributed by atoms with Crippen molar-refractivity contribution in [2.45, 2.75) is 11.2 Å². The normalized spacial score (nSPS) is 11.9. The van der Waals surface area contributed by atoms with Gasteiger partial charge in [-0.1, -0.05) is 27.5 Å². The van der Waals surface area contributed by atoms with Gasteiger partial charge in [0.05, 0.1) is 11.5 Å². The topological polar surface area (TPSA) is 81.5 Å². The van der Waals surface area contributed by atoms with E-state index in [0.717, 1.165) is 0 Å². The van der Waals surface area contributed by atoms with Gasteiger partial charge in [-0.05, 0) is 18.6 Å². The maximum atomic E-state index is 11.9. The van der Waals surface area contributed by atoms with Crippen LogP contribution in [0.4, 0.5) is 5.69 Å². The lowest BCUT2D eigenvalue weighted by molar-refractivity contribution is -0.385. The molecule has 0 aliphatic carbocycles. The number of ether oxygens (including phenoxy) is 1. The average Bonchev–Trinajstić information content (AvgIpc) is 2.38. The molecule has 1 aromatic rings. The van der Waals surface area contributed by atoms with Crippen molar-refractivity contribution in [1.82, 2.24) is 5.32 Å². The molecule has 0 aromatic heterocycles. The van der Waals surface area contributed by atoms with Gasteiger partial charge in [0, 0.05) is 29.6 Å². The molecular formula is C12H14BrClN2O4. The van der Waals surface area contributed by atoms with Gasteiger partial charge in [-0.2, -0.15) is 0 Å². The Morgan fingerprint density at radius 2 is 2.30 bits per heavy atom. The summed E-state index contributed by atoms with van der Waals surface area (Å²) in [5, 5.41) is 13.8. The van der Waals surface area contributed by atoms with Gasteiger partial charge in [-0.15, -0.1) is 0 Å². The van der Waals surface area contributed by atoms with Crippen LogP contribution in [-0.4, -0.2) is 35.9 Å². The van der Waals surface area contributed by atoms with Crippen LogP contribution in [0.15, 0.2) is 18.2 Å². The number of benzene rings is 1. The van der Waals surface area contributed by atoms with Crippen LogP contribution in [0, 0.1) is 10.1 Å². The second-order valence-corrected chi connectivity index (χ2v) is 5.75. The van der Waals surface area contributed by atoms with Gasteiger partial charge in [-0.3, -0.25) is 14.9 Å². The number of alkyl halides is 1. The Morgan fingerprint density at radius 3 is 2.90 bits per heavy atom. The second-order valence-electron chi connectivity index (χ2n) is 4.02. The molecule has 0 fully saturated rings. The van der Waals surface area contributed by atoms with Crippen molar-refractivity contribution in [2.75, 3.05) is 20.3 Å². The molecule has 0 bridgehead atoms. The van der Waals surface area contributed by atoms with Crippen LogP contribution in [0.1, 0.15) is 16.8 Å². The first kappa shape index (κ1) is 16.9. The summed E-state index contributed by atoms with van der Waals surface area (Å²) in [6.45, 7) is 0.898. The number of carbonyl (C=O) groups excluding carboxylic acids is 1. The largest absolute Gasteiger partial charge is 0.384 e. The summed E-state index contributed by atoms with van der Waals surface area (Å²) >= 11 is 9.15. The van der Waals surface area contributed by atoms with Gasteiger partial charge < -0.3 is 10.1 Å². The Kier molecular flexibility index (Phi) is 6.90. The molecule has 0 aliphatic heterocycles. The van der Waals surface area contributed by atoms with Gasteiger partial charge in [-0.25, -0.2) is 0 Å². The number of rotatable bonds is 7. The molecule has 0 aliphatic rings. The van der Waals surface area contributed by atoms with Crippen LogP contribution in [0.3, 0.4) is 0 Å². The van der Waals surface area contributed by atoms with E-state index in [1.165, 1.54) is 18.2 Å². The standard InChI is InChI=1S/C12H14BrClN2O4/c1-20-7-8(13)4-5-15-12(17)10-6-9(14)2-3-11(10)16(18)19/h2-3,6,8H,4-5,7H2,1H3,(H,15,17). The third-order valence-electron chi connectivity index (χ3n) is 2.49. The molecule has 1 atom stereocenters. The Balaban J connectivity index is 2.68. The van der Waals surface area contributed by atoms with Gasteiger partial charge in [0.2, 0.25) is 0 Å². The van der Waals surface area contributed by atoms with E-state index in [1.54, 1.807) is 7.11 Å². The Labute approximate surface area is 129 Å². The lowest BCUT2D eigenvalue weighted by atomic mass is 10.1. The van der Waals surface area contributed by atoms with E-state index in [4.69, 9.17) is 16.3 Å². The van der Waals surface area contributed by atoms with Crippen LogP contribution in [0.2, 0.25) is 5.02 Å². The fourth-order valence-corrected chi connectivity index (χ4v) is 2.22. The Hall–Kier alpha value is -1.18. The Morgan fingerprint density at radius 1 is 1.60 bits per heavy atom. The number of nitro benzene ring substituents is 1. The molecule has 20 heavy (non-hydrogen) atoms. The number of halogens is 2. The van der Waals surface area contributed by atoms with Crippen LogP contribution < -0.4 is 5.32 Å². The van der Waals surface area contributed by atoms with E-state index >= 15 is 0 Å². The number of methoxy groups -OCH3 is 1. The number of nitro groups is 1. The van der Waals surface area contributed by atoms with Crippen molar-refractivity contribution in [3.05, 3.63) is 38.9 Å². The summed E-state index contributed by atoms with van der Waals surface area (Å²) in [4.78, 5) is 22.3. The van der Waals surface area contributed by atoms with E-state index in [2.05, 4.69) is 21.2 Å². The predicted octanol–water partition coefficient (Wildman–Crippen LogP) is 2.78. The monoisotopic (exact) mass is 364 g/mol. The first-order valence-electron chi connectivity index (χ1n) is 5.81. The van der Waals surface area contributed by atoms with Crippen LogP contribution in [0.25, 0.3) is 0 Å². The molecule has 1 aromatic carbocycles. The maximum absolute atomic E-state index is 11.9. The molecule has 0 radical (unpaired) electrons.